The predicted octanol–water partition coefficient (Wildman–Crippen LogP) is 2.56. The number of hydrogen-bond acceptors (Lipinski definition) is 3. The lowest BCUT2D eigenvalue weighted by atomic mass is 9.83. The maximum absolute atomic E-state index is 12.1. The zero-order valence-electron chi connectivity index (χ0n) is 11.4. The summed E-state index contributed by atoms with van der Waals surface area (Å²) in [7, 11) is 0. The zero-order chi connectivity index (χ0) is 14.5. The van der Waals surface area contributed by atoms with Crippen LogP contribution >= 0.6 is 15.9 Å². The van der Waals surface area contributed by atoms with Crippen LogP contribution in [0.5, 0.6) is 0 Å². The molecular formula is C14H21BrN2O2. The highest BCUT2D eigenvalue weighted by Crippen LogP contribution is 2.25. The number of rotatable bonds is 6. The van der Waals surface area contributed by atoms with Crippen molar-refractivity contribution in [1.29, 1.82) is 0 Å². The van der Waals surface area contributed by atoms with Crippen LogP contribution < -0.4 is 11.1 Å². The molecule has 0 bridgehead atoms. The van der Waals surface area contributed by atoms with Gasteiger partial charge in [-0.15, -0.1) is 0 Å². The number of carbonyl (C=O) groups excluding carboxylic acids is 1. The Labute approximate surface area is 122 Å². The van der Waals surface area contributed by atoms with Crippen LogP contribution in [-0.2, 0) is 0 Å². The van der Waals surface area contributed by atoms with E-state index in [4.69, 9.17) is 5.73 Å². The van der Waals surface area contributed by atoms with E-state index >= 15 is 0 Å². The van der Waals surface area contributed by atoms with Crippen LogP contribution in [0, 0.1) is 5.41 Å². The van der Waals surface area contributed by atoms with E-state index in [-0.39, 0.29) is 17.9 Å². The first-order valence-corrected chi connectivity index (χ1v) is 7.21. The van der Waals surface area contributed by atoms with Crippen molar-refractivity contribution in [3.8, 4) is 0 Å². The largest absolute Gasteiger partial charge is 0.399 e. The van der Waals surface area contributed by atoms with Crippen LogP contribution in [-0.4, -0.2) is 24.2 Å². The Hall–Kier alpha value is -1.07. The van der Waals surface area contributed by atoms with Gasteiger partial charge < -0.3 is 16.2 Å². The molecule has 4 nitrogen and oxygen atoms in total. The van der Waals surface area contributed by atoms with Gasteiger partial charge >= 0.3 is 0 Å². The minimum Gasteiger partial charge on any atom is -0.399 e. The average Bonchev–Trinajstić information content (AvgIpc) is 2.43. The van der Waals surface area contributed by atoms with Crippen molar-refractivity contribution >= 4 is 27.5 Å². The standard InChI is InChI=1S/C14H21BrN2O2/c1-3-14(4-2,9-18)8-17-13(19)11-7-10(16)5-6-12(11)15/h5-7,18H,3-4,8-9,16H2,1-2H3,(H,17,19). The van der Waals surface area contributed by atoms with Crippen LogP contribution in [0.2, 0.25) is 0 Å². The van der Waals surface area contributed by atoms with Gasteiger partial charge in [-0.1, -0.05) is 13.8 Å². The Morgan fingerprint density at radius 1 is 1.42 bits per heavy atom. The molecule has 1 amide bonds. The number of nitrogens with one attached hydrogen (secondary N) is 1. The summed E-state index contributed by atoms with van der Waals surface area (Å²) in [5, 5.41) is 12.4. The van der Waals surface area contributed by atoms with E-state index in [1.54, 1.807) is 18.2 Å². The van der Waals surface area contributed by atoms with Gasteiger partial charge in [0.25, 0.3) is 5.91 Å². The van der Waals surface area contributed by atoms with Crippen molar-refractivity contribution in [2.45, 2.75) is 26.7 Å². The van der Waals surface area contributed by atoms with Crippen LogP contribution in [0.4, 0.5) is 5.69 Å². The third-order valence-corrected chi connectivity index (χ3v) is 4.39. The molecule has 0 aliphatic rings. The molecule has 0 aliphatic carbocycles. The predicted molar refractivity (Wildman–Crippen MR) is 81.0 cm³/mol. The van der Waals surface area contributed by atoms with Crippen molar-refractivity contribution in [2.75, 3.05) is 18.9 Å². The minimum atomic E-state index is -0.248. The van der Waals surface area contributed by atoms with Gasteiger partial charge in [-0.3, -0.25) is 4.79 Å². The first kappa shape index (κ1) is 16.0. The summed E-state index contributed by atoms with van der Waals surface area (Å²) in [5.41, 5.74) is 6.50. The van der Waals surface area contributed by atoms with Gasteiger partial charge in [-0.05, 0) is 47.0 Å². The molecule has 19 heavy (non-hydrogen) atoms. The van der Waals surface area contributed by atoms with E-state index in [0.29, 0.717) is 22.3 Å². The molecule has 0 atom stereocenters. The van der Waals surface area contributed by atoms with E-state index in [2.05, 4.69) is 21.2 Å². The Balaban J connectivity index is 2.77. The molecule has 5 heteroatoms. The highest BCUT2D eigenvalue weighted by Gasteiger charge is 2.26. The minimum absolute atomic E-state index is 0.0678. The van der Waals surface area contributed by atoms with E-state index in [9.17, 15) is 9.90 Å². The number of aliphatic hydroxyl groups is 1. The van der Waals surface area contributed by atoms with Crippen molar-refractivity contribution in [3.05, 3.63) is 28.2 Å². The lowest BCUT2D eigenvalue weighted by Gasteiger charge is -2.29. The fourth-order valence-corrected chi connectivity index (χ4v) is 2.29. The first-order chi connectivity index (χ1) is 8.98. The number of aliphatic hydroxyl groups excluding tert-OH is 1. The second-order valence-electron chi connectivity index (χ2n) is 4.79. The molecule has 1 rings (SSSR count). The fraction of sp³-hybridized carbons (Fsp3) is 0.500. The molecular weight excluding hydrogens is 308 g/mol. The summed E-state index contributed by atoms with van der Waals surface area (Å²) in [4.78, 5) is 12.1. The number of amides is 1. The maximum atomic E-state index is 12.1. The molecule has 0 fully saturated rings. The summed E-state index contributed by atoms with van der Waals surface area (Å²) in [6.45, 7) is 4.56. The molecule has 4 N–H and O–H groups in total. The highest BCUT2D eigenvalue weighted by molar-refractivity contribution is 9.10. The van der Waals surface area contributed by atoms with Gasteiger partial charge in [-0.2, -0.15) is 0 Å². The Morgan fingerprint density at radius 2 is 2.05 bits per heavy atom. The van der Waals surface area contributed by atoms with Crippen molar-refractivity contribution in [2.24, 2.45) is 5.41 Å². The highest BCUT2D eigenvalue weighted by atomic mass is 79.9. The van der Waals surface area contributed by atoms with Gasteiger partial charge in [0.05, 0.1) is 12.2 Å². The Bertz CT molecular complexity index is 437. The molecule has 1 aromatic rings. The lowest BCUT2D eigenvalue weighted by Crippen LogP contribution is -2.39. The number of anilines is 1. The number of carbonyl (C=O) groups is 1. The first-order valence-electron chi connectivity index (χ1n) is 6.42. The number of halogens is 1. The Kier molecular flexibility index (Phi) is 5.82. The molecule has 0 aromatic heterocycles. The normalized spacial score (nSPS) is 11.4. The third-order valence-electron chi connectivity index (χ3n) is 3.69. The van der Waals surface area contributed by atoms with Crippen LogP contribution in [0.3, 0.4) is 0 Å². The number of benzene rings is 1. The summed E-state index contributed by atoms with van der Waals surface area (Å²) in [5.74, 6) is -0.182. The molecule has 0 unspecified atom stereocenters. The number of nitrogens with two attached hydrogens (primary N) is 1. The van der Waals surface area contributed by atoms with Gasteiger partial charge in [0.2, 0.25) is 0 Å². The zero-order valence-corrected chi connectivity index (χ0v) is 13.0. The third kappa shape index (κ3) is 3.94. The monoisotopic (exact) mass is 328 g/mol. The Morgan fingerprint density at radius 3 is 2.58 bits per heavy atom. The van der Waals surface area contributed by atoms with E-state index in [1.165, 1.54) is 0 Å². The quantitative estimate of drug-likeness (QED) is 0.702. The second kappa shape index (κ2) is 6.91. The summed E-state index contributed by atoms with van der Waals surface area (Å²) >= 11 is 3.34. The molecule has 0 saturated carbocycles. The van der Waals surface area contributed by atoms with Gasteiger partial charge in [0, 0.05) is 22.1 Å². The summed E-state index contributed by atoms with van der Waals surface area (Å²) in [6, 6.07) is 5.12. The summed E-state index contributed by atoms with van der Waals surface area (Å²) in [6.07, 6.45) is 1.64. The van der Waals surface area contributed by atoms with Crippen molar-refractivity contribution in [3.63, 3.8) is 0 Å². The van der Waals surface area contributed by atoms with Gasteiger partial charge in [0.1, 0.15) is 0 Å². The summed E-state index contributed by atoms with van der Waals surface area (Å²) < 4.78 is 0.710. The van der Waals surface area contributed by atoms with E-state index in [0.717, 1.165) is 12.8 Å². The molecule has 0 saturated heterocycles. The fourth-order valence-electron chi connectivity index (χ4n) is 1.86. The molecule has 0 heterocycles. The van der Waals surface area contributed by atoms with Crippen molar-refractivity contribution < 1.29 is 9.90 Å². The number of nitrogen functional groups attached to an aromatic ring is 1. The average molecular weight is 329 g/mol. The molecule has 1 aromatic carbocycles. The lowest BCUT2D eigenvalue weighted by molar-refractivity contribution is 0.0850. The molecule has 0 spiro atoms. The van der Waals surface area contributed by atoms with Gasteiger partial charge in [-0.25, -0.2) is 0 Å². The maximum Gasteiger partial charge on any atom is 0.252 e. The van der Waals surface area contributed by atoms with Crippen LogP contribution in [0.15, 0.2) is 22.7 Å². The van der Waals surface area contributed by atoms with Crippen molar-refractivity contribution in [1.82, 2.24) is 5.32 Å². The van der Waals surface area contributed by atoms with Gasteiger partial charge in [0.15, 0.2) is 0 Å². The van der Waals surface area contributed by atoms with Crippen LogP contribution in [0.25, 0.3) is 0 Å². The number of hydrogen-bond donors (Lipinski definition) is 3. The second-order valence-corrected chi connectivity index (χ2v) is 5.64. The van der Waals surface area contributed by atoms with E-state index in [1.807, 2.05) is 13.8 Å². The topological polar surface area (TPSA) is 75.3 Å². The molecule has 106 valence electrons. The smallest absolute Gasteiger partial charge is 0.252 e. The molecule has 0 radical (unpaired) electrons. The molecule has 0 aliphatic heterocycles. The van der Waals surface area contributed by atoms with Crippen LogP contribution in [0.1, 0.15) is 37.0 Å². The SMILES string of the molecule is CCC(CC)(CO)CNC(=O)c1cc(N)ccc1Br. The van der Waals surface area contributed by atoms with E-state index < -0.39 is 0 Å².